The average Bonchev–Trinajstić information content (AvgIpc) is 2.61. The van der Waals surface area contributed by atoms with Crippen molar-refractivity contribution < 1.29 is 9.90 Å². The fraction of sp³-hybridized carbons (Fsp3) is 0.632. The second kappa shape index (κ2) is 7.45. The molecule has 0 aliphatic carbocycles. The molecule has 2 aliphatic rings. The number of aliphatic hydroxyl groups is 1. The lowest BCUT2D eigenvalue weighted by molar-refractivity contribution is 0.0604. The van der Waals surface area contributed by atoms with Gasteiger partial charge in [-0.3, -0.25) is 9.69 Å². The number of carbonyl (C=O) groups is 1. The van der Waals surface area contributed by atoms with E-state index >= 15 is 0 Å². The number of Topliss-reactive ketones (excluding diaryl/α,β-unsaturated/α-hetero) is 1. The summed E-state index contributed by atoms with van der Waals surface area (Å²) in [4.78, 5) is 15.3. The van der Waals surface area contributed by atoms with Crippen LogP contribution in [0.2, 0.25) is 0 Å². The second-order valence-electron chi connectivity index (χ2n) is 6.84. The minimum Gasteiger partial charge on any atom is -0.396 e. The van der Waals surface area contributed by atoms with E-state index in [2.05, 4.69) is 22.3 Å². The SMILES string of the molecule is CC(C(=O)c1ccc2c(c1)CCCN2)N1CCCCC1CCO. The number of ketones is 1. The van der Waals surface area contributed by atoms with Gasteiger partial charge >= 0.3 is 0 Å². The molecule has 0 radical (unpaired) electrons. The van der Waals surface area contributed by atoms with Gasteiger partial charge in [-0.15, -0.1) is 0 Å². The molecule has 23 heavy (non-hydrogen) atoms. The molecule has 126 valence electrons. The highest BCUT2D eigenvalue weighted by Gasteiger charge is 2.30. The number of hydrogen-bond donors (Lipinski definition) is 2. The Morgan fingerprint density at radius 2 is 2.26 bits per heavy atom. The smallest absolute Gasteiger partial charge is 0.179 e. The zero-order valence-corrected chi connectivity index (χ0v) is 14.1. The lowest BCUT2D eigenvalue weighted by Gasteiger charge is -2.39. The predicted molar refractivity (Wildman–Crippen MR) is 93.1 cm³/mol. The van der Waals surface area contributed by atoms with Gasteiger partial charge in [0, 0.05) is 30.4 Å². The van der Waals surface area contributed by atoms with Crippen LogP contribution in [-0.2, 0) is 6.42 Å². The number of carbonyl (C=O) groups excluding carboxylic acids is 1. The van der Waals surface area contributed by atoms with Crippen molar-refractivity contribution in [2.45, 2.75) is 57.5 Å². The maximum Gasteiger partial charge on any atom is 0.179 e. The summed E-state index contributed by atoms with van der Waals surface area (Å²) in [5.41, 5.74) is 3.27. The van der Waals surface area contributed by atoms with Crippen LogP contribution in [0.25, 0.3) is 0 Å². The van der Waals surface area contributed by atoms with Gasteiger partial charge in [0.1, 0.15) is 0 Å². The van der Waals surface area contributed by atoms with E-state index in [0.717, 1.165) is 50.8 Å². The third-order valence-electron chi connectivity index (χ3n) is 5.34. The van der Waals surface area contributed by atoms with Gasteiger partial charge in [0.2, 0.25) is 0 Å². The maximum atomic E-state index is 13.0. The molecule has 0 saturated carbocycles. The van der Waals surface area contributed by atoms with Crippen LogP contribution >= 0.6 is 0 Å². The minimum atomic E-state index is -0.110. The van der Waals surface area contributed by atoms with E-state index in [1.54, 1.807) is 0 Å². The number of rotatable bonds is 5. The number of fused-ring (bicyclic) bond motifs is 1. The molecule has 0 bridgehead atoms. The highest BCUT2D eigenvalue weighted by Crippen LogP contribution is 2.26. The Kier molecular flexibility index (Phi) is 5.34. The zero-order valence-electron chi connectivity index (χ0n) is 14.1. The molecular formula is C19H28N2O2. The first-order valence-corrected chi connectivity index (χ1v) is 8.98. The van der Waals surface area contributed by atoms with Gasteiger partial charge in [0.25, 0.3) is 0 Å². The van der Waals surface area contributed by atoms with Gasteiger partial charge in [-0.1, -0.05) is 6.42 Å². The molecule has 1 aromatic rings. The fourth-order valence-electron chi connectivity index (χ4n) is 4.01. The number of piperidine rings is 1. The molecule has 0 spiro atoms. The lowest BCUT2D eigenvalue weighted by atomic mass is 9.93. The molecular weight excluding hydrogens is 288 g/mol. The van der Waals surface area contributed by atoms with Gasteiger partial charge in [-0.25, -0.2) is 0 Å². The van der Waals surface area contributed by atoms with E-state index in [9.17, 15) is 9.90 Å². The number of benzene rings is 1. The van der Waals surface area contributed by atoms with Crippen molar-refractivity contribution in [2.75, 3.05) is 25.0 Å². The Bertz CT molecular complexity index is 556. The topological polar surface area (TPSA) is 52.6 Å². The van der Waals surface area contributed by atoms with E-state index in [4.69, 9.17) is 0 Å². The van der Waals surface area contributed by atoms with Gasteiger partial charge in [-0.2, -0.15) is 0 Å². The van der Waals surface area contributed by atoms with Gasteiger partial charge in [-0.05, 0) is 69.3 Å². The van der Waals surface area contributed by atoms with E-state index in [-0.39, 0.29) is 18.4 Å². The molecule has 2 heterocycles. The number of nitrogens with one attached hydrogen (secondary N) is 1. The van der Waals surface area contributed by atoms with Crippen molar-refractivity contribution in [3.05, 3.63) is 29.3 Å². The van der Waals surface area contributed by atoms with Crippen molar-refractivity contribution >= 4 is 11.5 Å². The number of hydrogen-bond acceptors (Lipinski definition) is 4. The molecule has 4 nitrogen and oxygen atoms in total. The highest BCUT2D eigenvalue weighted by molar-refractivity contribution is 6.00. The van der Waals surface area contributed by atoms with Gasteiger partial charge in [0.05, 0.1) is 6.04 Å². The summed E-state index contributed by atoms with van der Waals surface area (Å²) in [6.07, 6.45) is 6.39. The van der Waals surface area contributed by atoms with Crippen LogP contribution in [0.4, 0.5) is 5.69 Å². The van der Waals surface area contributed by atoms with Crippen molar-refractivity contribution in [3.8, 4) is 0 Å². The number of aryl methyl sites for hydroxylation is 1. The molecule has 4 heteroatoms. The molecule has 0 amide bonds. The molecule has 1 fully saturated rings. The highest BCUT2D eigenvalue weighted by atomic mass is 16.3. The first kappa shape index (κ1) is 16.5. The monoisotopic (exact) mass is 316 g/mol. The molecule has 1 aromatic carbocycles. The third kappa shape index (κ3) is 3.59. The molecule has 2 aliphatic heterocycles. The first-order chi connectivity index (χ1) is 11.2. The average molecular weight is 316 g/mol. The molecule has 2 N–H and O–H groups in total. The summed E-state index contributed by atoms with van der Waals surface area (Å²) in [5, 5.41) is 12.7. The fourth-order valence-corrected chi connectivity index (χ4v) is 4.01. The normalized spacial score (nSPS) is 23.0. The van der Waals surface area contributed by atoms with Crippen LogP contribution in [0.3, 0.4) is 0 Å². The van der Waals surface area contributed by atoms with E-state index in [1.807, 2.05) is 13.0 Å². The van der Waals surface area contributed by atoms with Crippen molar-refractivity contribution in [1.29, 1.82) is 0 Å². The number of likely N-dealkylation sites (tertiary alicyclic amines) is 1. The Hall–Kier alpha value is -1.39. The summed E-state index contributed by atoms with van der Waals surface area (Å²) >= 11 is 0. The number of anilines is 1. The van der Waals surface area contributed by atoms with Crippen LogP contribution in [0.1, 0.15) is 54.9 Å². The van der Waals surface area contributed by atoms with Crippen LogP contribution in [0.5, 0.6) is 0 Å². The van der Waals surface area contributed by atoms with Crippen molar-refractivity contribution in [1.82, 2.24) is 4.90 Å². The van der Waals surface area contributed by atoms with Crippen molar-refractivity contribution in [2.24, 2.45) is 0 Å². The molecule has 2 unspecified atom stereocenters. The molecule has 3 rings (SSSR count). The number of aliphatic hydroxyl groups excluding tert-OH is 1. The molecule has 1 saturated heterocycles. The molecule has 0 aromatic heterocycles. The van der Waals surface area contributed by atoms with Crippen LogP contribution < -0.4 is 5.32 Å². The maximum absolute atomic E-state index is 13.0. The van der Waals surface area contributed by atoms with Crippen LogP contribution in [-0.4, -0.2) is 47.6 Å². The molecule has 2 atom stereocenters. The van der Waals surface area contributed by atoms with E-state index in [1.165, 1.54) is 17.7 Å². The lowest BCUT2D eigenvalue weighted by Crippen LogP contribution is -2.48. The Balaban J connectivity index is 1.75. The first-order valence-electron chi connectivity index (χ1n) is 8.98. The summed E-state index contributed by atoms with van der Waals surface area (Å²) in [6, 6.07) is 6.32. The van der Waals surface area contributed by atoms with Gasteiger partial charge in [0.15, 0.2) is 5.78 Å². The number of nitrogens with zero attached hydrogens (tertiary/aromatic N) is 1. The van der Waals surface area contributed by atoms with Crippen molar-refractivity contribution in [3.63, 3.8) is 0 Å². The predicted octanol–water partition coefficient (Wildman–Crippen LogP) is 2.85. The summed E-state index contributed by atoms with van der Waals surface area (Å²) < 4.78 is 0. The van der Waals surface area contributed by atoms with Gasteiger partial charge < -0.3 is 10.4 Å². The largest absolute Gasteiger partial charge is 0.396 e. The summed E-state index contributed by atoms with van der Waals surface area (Å²) in [7, 11) is 0. The van der Waals surface area contributed by atoms with E-state index < -0.39 is 0 Å². The Labute approximate surface area is 138 Å². The van der Waals surface area contributed by atoms with E-state index in [0.29, 0.717) is 6.04 Å². The second-order valence-corrected chi connectivity index (χ2v) is 6.84. The summed E-state index contributed by atoms with van der Waals surface area (Å²) in [6.45, 7) is 4.21. The third-order valence-corrected chi connectivity index (χ3v) is 5.34. The standard InChI is InChI=1S/C19H28N2O2/c1-14(21-11-3-2-6-17(21)9-12-22)19(23)16-7-8-18-15(13-16)5-4-10-20-18/h7-8,13-14,17,20,22H,2-6,9-12H2,1H3. The zero-order chi connectivity index (χ0) is 16.2. The van der Waals surface area contributed by atoms with Crippen LogP contribution in [0, 0.1) is 0 Å². The minimum absolute atomic E-state index is 0.110. The Morgan fingerprint density at radius 1 is 1.39 bits per heavy atom. The quantitative estimate of drug-likeness (QED) is 0.820. The summed E-state index contributed by atoms with van der Waals surface area (Å²) in [5.74, 6) is 0.211. The Morgan fingerprint density at radius 3 is 3.09 bits per heavy atom. The van der Waals surface area contributed by atoms with Crippen LogP contribution in [0.15, 0.2) is 18.2 Å².